The highest BCUT2D eigenvalue weighted by atomic mass is 32.1. The second-order valence-corrected chi connectivity index (χ2v) is 6.31. The van der Waals surface area contributed by atoms with Gasteiger partial charge in [0.15, 0.2) is 0 Å². The van der Waals surface area contributed by atoms with Crippen LogP contribution in [-0.4, -0.2) is 16.1 Å². The molecule has 21 heavy (non-hydrogen) atoms. The van der Waals surface area contributed by atoms with Gasteiger partial charge in [-0.15, -0.1) is 11.3 Å². The molecule has 0 aliphatic rings. The molecule has 0 fully saturated rings. The number of carbonyl (C=O) groups is 1. The van der Waals surface area contributed by atoms with Crippen molar-refractivity contribution in [1.82, 2.24) is 4.98 Å². The van der Waals surface area contributed by atoms with E-state index >= 15 is 0 Å². The Kier molecular flexibility index (Phi) is 3.47. The molecule has 0 spiro atoms. The minimum absolute atomic E-state index is 0.309. The normalized spacial score (nSPS) is 11.0. The lowest BCUT2D eigenvalue weighted by Gasteiger charge is -2.03. The molecule has 2 aromatic carbocycles. The molecule has 0 unspecified atom stereocenters. The van der Waals surface area contributed by atoms with Gasteiger partial charge in [-0.25, -0.2) is 9.78 Å². The fraction of sp³-hybridized carbons (Fsp3) is 0.176. The number of aromatic nitrogens is 1. The molecule has 0 amide bonds. The van der Waals surface area contributed by atoms with Gasteiger partial charge in [-0.1, -0.05) is 18.2 Å². The van der Waals surface area contributed by atoms with Crippen molar-refractivity contribution in [2.75, 3.05) is 0 Å². The Labute approximate surface area is 126 Å². The van der Waals surface area contributed by atoms with E-state index in [-0.39, 0.29) is 0 Å². The summed E-state index contributed by atoms with van der Waals surface area (Å²) in [6.07, 6.45) is 0.781. The minimum atomic E-state index is -0.902. The zero-order valence-corrected chi connectivity index (χ0v) is 12.7. The summed E-state index contributed by atoms with van der Waals surface area (Å²) < 4.78 is 0.925. The van der Waals surface area contributed by atoms with Crippen molar-refractivity contribution in [2.24, 2.45) is 0 Å². The van der Waals surface area contributed by atoms with Gasteiger partial charge in [0.05, 0.1) is 20.8 Å². The Balaban J connectivity index is 1.93. The molecule has 3 aromatic rings. The van der Waals surface area contributed by atoms with Crippen LogP contribution in [-0.2, 0) is 6.42 Å². The molecule has 0 bridgehead atoms. The number of carboxylic acid groups (broad SMARTS) is 1. The van der Waals surface area contributed by atoms with Gasteiger partial charge in [0.1, 0.15) is 0 Å². The van der Waals surface area contributed by atoms with Gasteiger partial charge in [-0.05, 0) is 48.7 Å². The summed E-state index contributed by atoms with van der Waals surface area (Å²) >= 11 is 1.56. The van der Waals surface area contributed by atoms with E-state index in [1.807, 2.05) is 0 Å². The number of thiazole rings is 1. The van der Waals surface area contributed by atoms with E-state index in [2.05, 4.69) is 37.0 Å². The molecular weight excluding hydrogens is 282 g/mol. The maximum absolute atomic E-state index is 11.0. The molecule has 4 heteroatoms. The first-order valence-corrected chi connectivity index (χ1v) is 7.53. The summed E-state index contributed by atoms with van der Waals surface area (Å²) in [5.74, 6) is -0.902. The van der Waals surface area contributed by atoms with E-state index in [1.54, 1.807) is 29.5 Å². The van der Waals surface area contributed by atoms with Gasteiger partial charge in [0.2, 0.25) is 0 Å². The third-order valence-corrected chi connectivity index (χ3v) is 4.62. The number of benzene rings is 2. The van der Waals surface area contributed by atoms with Gasteiger partial charge < -0.3 is 5.11 Å². The van der Waals surface area contributed by atoms with Crippen LogP contribution < -0.4 is 0 Å². The molecule has 0 atom stereocenters. The number of fused-ring (bicyclic) bond motifs is 1. The van der Waals surface area contributed by atoms with Gasteiger partial charge in [0, 0.05) is 6.42 Å². The molecule has 0 saturated carbocycles. The molecule has 0 aliphatic carbocycles. The molecule has 3 rings (SSSR count). The van der Waals surface area contributed by atoms with E-state index < -0.39 is 5.97 Å². The summed E-state index contributed by atoms with van der Waals surface area (Å²) in [5, 5.41) is 10.0. The highest BCUT2D eigenvalue weighted by Crippen LogP contribution is 2.25. The van der Waals surface area contributed by atoms with E-state index in [4.69, 9.17) is 5.11 Å². The first-order chi connectivity index (χ1) is 10.0. The van der Waals surface area contributed by atoms with Crippen molar-refractivity contribution in [1.29, 1.82) is 0 Å². The predicted octanol–water partition coefficient (Wildman–Crippen LogP) is 4.20. The Morgan fingerprint density at radius 2 is 1.95 bits per heavy atom. The van der Waals surface area contributed by atoms with Crippen molar-refractivity contribution in [3.05, 3.63) is 63.7 Å². The van der Waals surface area contributed by atoms with E-state index in [1.165, 1.54) is 16.7 Å². The third kappa shape index (κ3) is 2.81. The second kappa shape index (κ2) is 5.30. The highest BCUT2D eigenvalue weighted by Gasteiger charge is 2.09. The standard InChI is InChI=1S/C17H15NO2S/c1-10-3-4-12(7-11(10)2)8-16-18-14-6-5-13(17(19)20)9-15(14)21-16/h3-7,9H,8H2,1-2H3,(H,19,20). The van der Waals surface area contributed by atoms with E-state index in [0.717, 1.165) is 21.6 Å². The van der Waals surface area contributed by atoms with Crippen LogP contribution >= 0.6 is 11.3 Å². The van der Waals surface area contributed by atoms with E-state index in [0.29, 0.717) is 5.56 Å². The quantitative estimate of drug-likeness (QED) is 0.788. The molecule has 0 radical (unpaired) electrons. The fourth-order valence-corrected chi connectivity index (χ4v) is 3.31. The first-order valence-electron chi connectivity index (χ1n) is 6.72. The zero-order chi connectivity index (χ0) is 15.0. The van der Waals surface area contributed by atoms with Crippen LogP contribution in [0.1, 0.15) is 32.1 Å². The van der Waals surface area contributed by atoms with Gasteiger partial charge >= 0.3 is 5.97 Å². The molecule has 1 aromatic heterocycles. The predicted molar refractivity (Wildman–Crippen MR) is 85.3 cm³/mol. The number of aromatic carboxylic acids is 1. The molecule has 0 saturated heterocycles. The zero-order valence-electron chi connectivity index (χ0n) is 11.9. The van der Waals surface area contributed by atoms with Crippen LogP contribution in [0.5, 0.6) is 0 Å². The third-order valence-electron chi connectivity index (χ3n) is 3.61. The average Bonchev–Trinajstić information content (AvgIpc) is 2.84. The lowest BCUT2D eigenvalue weighted by molar-refractivity contribution is 0.0697. The van der Waals surface area contributed by atoms with Crippen LogP contribution in [0.3, 0.4) is 0 Å². The number of nitrogens with zero attached hydrogens (tertiary/aromatic N) is 1. The fourth-order valence-electron chi connectivity index (χ4n) is 2.27. The monoisotopic (exact) mass is 297 g/mol. The Hall–Kier alpha value is -2.20. The summed E-state index contributed by atoms with van der Waals surface area (Å²) in [4.78, 5) is 15.6. The SMILES string of the molecule is Cc1ccc(Cc2nc3ccc(C(=O)O)cc3s2)cc1C. The lowest BCUT2D eigenvalue weighted by atomic mass is 10.0. The average molecular weight is 297 g/mol. The highest BCUT2D eigenvalue weighted by molar-refractivity contribution is 7.18. The van der Waals surface area contributed by atoms with Crippen molar-refractivity contribution < 1.29 is 9.90 Å². The van der Waals surface area contributed by atoms with Crippen LogP contribution in [0, 0.1) is 13.8 Å². The Morgan fingerprint density at radius 3 is 2.67 bits per heavy atom. The summed E-state index contributed by atoms with van der Waals surface area (Å²) in [7, 11) is 0. The largest absolute Gasteiger partial charge is 0.478 e. The van der Waals surface area contributed by atoms with Crippen LogP contribution in [0.15, 0.2) is 36.4 Å². The van der Waals surface area contributed by atoms with Gasteiger partial charge in [-0.3, -0.25) is 0 Å². The second-order valence-electron chi connectivity index (χ2n) is 5.19. The van der Waals surface area contributed by atoms with Crippen LogP contribution in [0.25, 0.3) is 10.2 Å². The number of aryl methyl sites for hydroxylation is 2. The summed E-state index contributed by atoms with van der Waals surface area (Å²) in [5.41, 5.74) is 4.97. The molecule has 106 valence electrons. The molecular formula is C17H15NO2S. The minimum Gasteiger partial charge on any atom is -0.478 e. The van der Waals surface area contributed by atoms with E-state index in [9.17, 15) is 4.79 Å². The first kappa shape index (κ1) is 13.8. The van der Waals surface area contributed by atoms with Gasteiger partial charge in [-0.2, -0.15) is 0 Å². The van der Waals surface area contributed by atoms with Crippen molar-refractivity contribution >= 4 is 27.5 Å². The molecule has 1 heterocycles. The number of hydrogen-bond donors (Lipinski definition) is 1. The number of carboxylic acids is 1. The lowest BCUT2D eigenvalue weighted by Crippen LogP contribution is -1.94. The van der Waals surface area contributed by atoms with Crippen molar-refractivity contribution in [2.45, 2.75) is 20.3 Å². The number of rotatable bonds is 3. The van der Waals surface area contributed by atoms with Crippen LogP contribution in [0.2, 0.25) is 0 Å². The smallest absolute Gasteiger partial charge is 0.335 e. The Bertz CT molecular complexity index is 836. The topological polar surface area (TPSA) is 50.2 Å². The molecule has 3 nitrogen and oxygen atoms in total. The van der Waals surface area contributed by atoms with Gasteiger partial charge in [0.25, 0.3) is 0 Å². The molecule has 0 aliphatic heterocycles. The van der Waals surface area contributed by atoms with Crippen molar-refractivity contribution in [3.8, 4) is 0 Å². The maximum Gasteiger partial charge on any atom is 0.335 e. The summed E-state index contributed by atoms with van der Waals surface area (Å²) in [6, 6.07) is 11.5. The summed E-state index contributed by atoms with van der Waals surface area (Å²) in [6.45, 7) is 4.21. The maximum atomic E-state index is 11.0. The Morgan fingerprint density at radius 1 is 1.14 bits per heavy atom. The van der Waals surface area contributed by atoms with Crippen LogP contribution in [0.4, 0.5) is 0 Å². The number of hydrogen-bond acceptors (Lipinski definition) is 3. The molecule has 1 N–H and O–H groups in total. The van der Waals surface area contributed by atoms with Crippen molar-refractivity contribution in [3.63, 3.8) is 0 Å².